The van der Waals surface area contributed by atoms with Crippen LogP contribution < -0.4 is 24.4 Å². The van der Waals surface area contributed by atoms with Crippen LogP contribution in [-0.2, 0) is 20.7 Å². The SMILES string of the molecule is COc1ccc(CCNC(=O)C2C3C(=O)N(c4ccccc4OC)C[C@]34C=C[C@H]2O4)cc1OC. The summed E-state index contributed by atoms with van der Waals surface area (Å²) < 4.78 is 22.3. The molecule has 2 bridgehead atoms. The van der Waals surface area contributed by atoms with E-state index >= 15 is 0 Å². The first-order valence-electron chi connectivity index (χ1n) is 11.3. The summed E-state index contributed by atoms with van der Waals surface area (Å²) >= 11 is 0. The minimum atomic E-state index is -0.784. The van der Waals surface area contributed by atoms with Crippen molar-refractivity contribution in [3.8, 4) is 17.2 Å². The molecule has 2 amide bonds. The Labute approximate surface area is 198 Å². The number of anilines is 1. The Bertz CT molecular complexity index is 1150. The largest absolute Gasteiger partial charge is 0.495 e. The molecule has 1 spiro atoms. The first-order chi connectivity index (χ1) is 16.5. The van der Waals surface area contributed by atoms with Crippen LogP contribution in [0.3, 0.4) is 0 Å². The van der Waals surface area contributed by atoms with Crippen molar-refractivity contribution >= 4 is 17.5 Å². The van der Waals surface area contributed by atoms with Crippen molar-refractivity contribution in [1.82, 2.24) is 5.32 Å². The molecule has 0 aliphatic carbocycles. The zero-order valence-corrected chi connectivity index (χ0v) is 19.4. The van der Waals surface area contributed by atoms with Crippen molar-refractivity contribution < 1.29 is 28.5 Å². The quantitative estimate of drug-likeness (QED) is 0.604. The number of ether oxygens (including phenoxy) is 4. The summed E-state index contributed by atoms with van der Waals surface area (Å²) in [6.07, 6.45) is 4.09. The predicted octanol–water partition coefficient (Wildman–Crippen LogP) is 2.36. The highest BCUT2D eigenvalue weighted by Crippen LogP contribution is 2.53. The fourth-order valence-electron chi connectivity index (χ4n) is 5.34. The standard InChI is InChI=1S/C26H28N2O6/c1-31-18-7-5-4-6-17(18)28-15-26-12-10-20(34-26)22(23(26)25(28)30)24(29)27-13-11-16-8-9-19(32-2)21(14-16)33-3/h4-10,12,14,20,22-23H,11,13,15H2,1-3H3,(H,27,29)/t20-,22?,23?,26-/m1/s1. The van der Waals surface area contributed by atoms with Crippen molar-refractivity contribution in [3.05, 3.63) is 60.2 Å². The van der Waals surface area contributed by atoms with E-state index in [2.05, 4.69) is 5.32 Å². The van der Waals surface area contributed by atoms with Gasteiger partial charge in [0.1, 0.15) is 11.4 Å². The van der Waals surface area contributed by atoms with Crippen molar-refractivity contribution in [2.24, 2.45) is 11.8 Å². The molecule has 34 heavy (non-hydrogen) atoms. The Morgan fingerprint density at radius 1 is 1.09 bits per heavy atom. The highest BCUT2D eigenvalue weighted by molar-refractivity contribution is 6.04. The molecule has 2 fully saturated rings. The molecular formula is C26H28N2O6. The Morgan fingerprint density at radius 2 is 1.85 bits per heavy atom. The lowest BCUT2D eigenvalue weighted by molar-refractivity contribution is -0.131. The number of amides is 2. The number of rotatable bonds is 8. The topological polar surface area (TPSA) is 86.3 Å². The summed E-state index contributed by atoms with van der Waals surface area (Å²) in [6, 6.07) is 13.1. The highest BCUT2D eigenvalue weighted by Gasteiger charge is 2.67. The number of fused-ring (bicyclic) bond motifs is 1. The molecule has 2 saturated heterocycles. The Hall–Kier alpha value is -3.52. The smallest absolute Gasteiger partial charge is 0.234 e. The minimum Gasteiger partial charge on any atom is -0.495 e. The third-order valence-electron chi connectivity index (χ3n) is 6.94. The van der Waals surface area contributed by atoms with Gasteiger partial charge in [0.05, 0.1) is 51.5 Å². The van der Waals surface area contributed by atoms with E-state index in [0.717, 1.165) is 5.56 Å². The zero-order chi connectivity index (χ0) is 23.9. The van der Waals surface area contributed by atoms with Crippen LogP contribution in [0.2, 0.25) is 0 Å². The number of carbonyl (C=O) groups excluding carboxylic acids is 2. The minimum absolute atomic E-state index is 0.114. The Kier molecular flexibility index (Phi) is 5.69. The molecular weight excluding hydrogens is 436 g/mol. The third-order valence-corrected chi connectivity index (χ3v) is 6.94. The van der Waals surface area contributed by atoms with Crippen LogP contribution in [0.4, 0.5) is 5.69 Å². The summed E-state index contributed by atoms with van der Waals surface area (Å²) in [4.78, 5) is 28.4. The number of hydrogen-bond acceptors (Lipinski definition) is 6. The number of hydrogen-bond donors (Lipinski definition) is 1. The van der Waals surface area contributed by atoms with E-state index in [0.29, 0.717) is 42.4 Å². The molecule has 178 valence electrons. The maximum Gasteiger partial charge on any atom is 0.234 e. The van der Waals surface area contributed by atoms with E-state index in [-0.39, 0.29) is 11.8 Å². The lowest BCUT2D eigenvalue weighted by Crippen LogP contribution is -2.44. The van der Waals surface area contributed by atoms with Crippen LogP contribution in [0.15, 0.2) is 54.6 Å². The van der Waals surface area contributed by atoms with E-state index in [1.807, 2.05) is 54.6 Å². The summed E-state index contributed by atoms with van der Waals surface area (Å²) in [7, 11) is 4.76. The number of benzene rings is 2. The Morgan fingerprint density at radius 3 is 2.62 bits per heavy atom. The molecule has 0 saturated carbocycles. The first-order valence-corrected chi connectivity index (χ1v) is 11.3. The van der Waals surface area contributed by atoms with Gasteiger partial charge in [-0.15, -0.1) is 0 Å². The second-order valence-corrected chi connectivity index (χ2v) is 8.73. The van der Waals surface area contributed by atoms with Gasteiger partial charge in [-0.05, 0) is 36.2 Å². The van der Waals surface area contributed by atoms with Crippen molar-refractivity contribution in [1.29, 1.82) is 0 Å². The van der Waals surface area contributed by atoms with Gasteiger partial charge in [0.25, 0.3) is 0 Å². The van der Waals surface area contributed by atoms with Crippen LogP contribution >= 0.6 is 0 Å². The van der Waals surface area contributed by atoms with Crippen LogP contribution in [0, 0.1) is 11.8 Å². The van der Waals surface area contributed by atoms with Gasteiger partial charge in [0.15, 0.2) is 11.5 Å². The van der Waals surface area contributed by atoms with E-state index in [9.17, 15) is 9.59 Å². The van der Waals surface area contributed by atoms with Gasteiger partial charge in [-0.2, -0.15) is 0 Å². The van der Waals surface area contributed by atoms with Gasteiger partial charge in [-0.25, -0.2) is 0 Å². The van der Waals surface area contributed by atoms with Gasteiger partial charge in [-0.1, -0.05) is 30.4 Å². The molecule has 4 atom stereocenters. The lowest BCUT2D eigenvalue weighted by Gasteiger charge is -2.23. The van der Waals surface area contributed by atoms with Crippen molar-refractivity contribution in [2.75, 3.05) is 39.3 Å². The summed E-state index contributed by atoms with van der Waals surface area (Å²) in [5.74, 6) is 0.504. The van der Waals surface area contributed by atoms with Gasteiger partial charge >= 0.3 is 0 Å². The molecule has 8 heteroatoms. The molecule has 3 aliphatic rings. The van der Waals surface area contributed by atoms with E-state index in [4.69, 9.17) is 18.9 Å². The second kappa shape index (κ2) is 8.68. The van der Waals surface area contributed by atoms with E-state index in [1.54, 1.807) is 26.2 Å². The molecule has 5 rings (SSSR count). The van der Waals surface area contributed by atoms with Gasteiger partial charge in [0, 0.05) is 6.54 Å². The number of nitrogens with zero attached hydrogens (tertiary/aromatic N) is 1. The maximum atomic E-state index is 13.5. The zero-order valence-electron chi connectivity index (χ0n) is 19.4. The summed E-state index contributed by atoms with van der Waals surface area (Å²) in [5, 5.41) is 3.01. The van der Waals surface area contributed by atoms with E-state index < -0.39 is 23.5 Å². The molecule has 2 unspecified atom stereocenters. The van der Waals surface area contributed by atoms with Crippen LogP contribution in [-0.4, -0.2) is 57.9 Å². The van der Waals surface area contributed by atoms with Crippen molar-refractivity contribution in [2.45, 2.75) is 18.1 Å². The number of carbonyl (C=O) groups is 2. The van der Waals surface area contributed by atoms with Gasteiger partial charge in [0.2, 0.25) is 11.8 Å². The predicted molar refractivity (Wildman–Crippen MR) is 125 cm³/mol. The Balaban J connectivity index is 1.29. The molecule has 3 heterocycles. The van der Waals surface area contributed by atoms with Crippen molar-refractivity contribution in [3.63, 3.8) is 0 Å². The highest BCUT2D eigenvalue weighted by atomic mass is 16.5. The van der Waals surface area contributed by atoms with Crippen LogP contribution in [0.5, 0.6) is 17.2 Å². The first kappa shape index (κ1) is 22.3. The molecule has 0 aromatic heterocycles. The van der Waals surface area contributed by atoms with E-state index in [1.165, 1.54) is 0 Å². The van der Waals surface area contributed by atoms with Crippen LogP contribution in [0.1, 0.15) is 5.56 Å². The average Bonchev–Trinajstić information content (AvgIpc) is 3.51. The second-order valence-electron chi connectivity index (χ2n) is 8.73. The normalized spacial score (nSPS) is 26.5. The molecule has 3 aliphatic heterocycles. The van der Waals surface area contributed by atoms with Crippen LogP contribution in [0.25, 0.3) is 0 Å². The molecule has 8 nitrogen and oxygen atoms in total. The number of para-hydroxylation sites is 2. The fraction of sp³-hybridized carbons (Fsp3) is 0.385. The summed E-state index contributed by atoms with van der Waals surface area (Å²) in [5.41, 5.74) is 0.915. The lowest BCUT2D eigenvalue weighted by atomic mass is 9.77. The third kappa shape index (κ3) is 3.49. The molecule has 2 aromatic carbocycles. The fourth-order valence-corrected chi connectivity index (χ4v) is 5.34. The van der Waals surface area contributed by atoms with Gasteiger partial charge < -0.3 is 29.2 Å². The number of methoxy groups -OCH3 is 3. The monoisotopic (exact) mass is 464 g/mol. The molecule has 0 radical (unpaired) electrons. The number of nitrogens with one attached hydrogen (secondary N) is 1. The summed E-state index contributed by atoms with van der Waals surface area (Å²) in [6.45, 7) is 0.796. The average molecular weight is 465 g/mol. The molecule has 2 aromatic rings. The molecule has 1 N–H and O–H groups in total. The van der Waals surface area contributed by atoms with Gasteiger partial charge in [-0.3, -0.25) is 9.59 Å². The maximum absolute atomic E-state index is 13.5.